The second-order valence-corrected chi connectivity index (χ2v) is 6.81. The van der Waals surface area contributed by atoms with E-state index in [9.17, 15) is 4.79 Å². The molecule has 1 atom stereocenters. The van der Waals surface area contributed by atoms with Crippen molar-refractivity contribution in [1.82, 2.24) is 0 Å². The van der Waals surface area contributed by atoms with E-state index in [1.54, 1.807) is 18.2 Å². The van der Waals surface area contributed by atoms with Gasteiger partial charge in [-0.1, -0.05) is 48.9 Å². The summed E-state index contributed by atoms with van der Waals surface area (Å²) in [6.07, 6.45) is -0.111. The molecule has 3 aromatic carbocycles. The molecular formula is C23H22ClNO3. The van der Waals surface area contributed by atoms with E-state index in [4.69, 9.17) is 21.1 Å². The van der Waals surface area contributed by atoms with Gasteiger partial charge in [-0.25, -0.2) is 0 Å². The van der Waals surface area contributed by atoms with Gasteiger partial charge in [0.05, 0.1) is 5.69 Å². The highest BCUT2D eigenvalue weighted by Gasteiger charge is 2.20. The maximum Gasteiger partial charge on any atom is 0.265 e. The van der Waals surface area contributed by atoms with Crippen LogP contribution in [0.2, 0.25) is 5.02 Å². The molecule has 0 spiro atoms. The average Bonchev–Trinajstić information content (AvgIpc) is 2.69. The summed E-state index contributed by atoms with van der Waals surface area (Å²) in [5.41, 5.74) is 1.56. The molecule has 0 saturated carbocycles. The highest BCUT2D eigenvalue weighted by Crippen LogP contribution is 2.32. The minimum Gasteiger partial charge on any atom is -0.481 e. The topological polar surface area (TPSA) is 47.6 Å². The molecule has 3 rings (SSSR count). The van der Waals surface area contributed by atoms with Crippen LogP contribution in [0.3, 0.4) is 0 Å². The van der Waals surface area contributed by atoms with E-state index >= 15 is 0 Å². The molecule has 5 heteroatoms. The van der Waals surface area contributed by atoms with Crippen LogP contribution in [0.5, 0.6) is 17.2 Å². The van der Waals surface area contributed by atoms with Crippen molar-refractivity contribution >= 4 is 23.2 Å². The van der Waals surface area contributed by atoms with Gasteiger partial charge in [-0.05, 0) is 61.4 Å². The van der Waals surface area contributed by atoms with E-state index in [1.165, 1.54) is 0 Å². The van der Waals surface area contributed by atoms with Crippen LogP contribution >= 0.6 is 11.6 Å². The van der Waals surface area contributed by atoms with Gasteiger partial charge in [0.1, 0.15) is 11.5 Å². The van der Waals surface area contributed by atoms with E-state index in [0.717, 1.165) is 5.56 Å². The number of para-hydroxylation sites is 1. The first-order valence-electron chi connectivity index (χ1n) is 9.12. The fraction of sp³-hybridized carbons (Fsp3) is 0.174. The molecule has 0 unspecified atom stereocenters. The molecule has 3 aromatic rings. The molecule has 144 valence electrons. The van der Waals surface area contributed by atoms with Gasteiger partial charge in [-0.15, -0.1) is 0 Å². The van der Waals surface area contributed by atoms with Gasteiger partial charge in [-0.3, -0.25) is 4.79 Å². The Balaban J connectivity index is 1.77. The number of amides is 1. The number of ether oxygens (including phenoxy) is 2. The number of halogens is 1. The quantitative estimate of drug-likeness (QED) is 0.515. The van der Waals surface area contributed by atoms with Gasteiger partial charge in [0, 0.05) is 5.02 Å². The highest BCUT2D eigenvalue weighted by molar-refractivity contribution is 6.31. The zero-order valence-electron chi connectivity index (χ0n) is 15.8. The molecule has 28 heavy (non-hydrogen) atoms. The molecule has 1 N–H and O–H groups in total. The molecule has 0 fully saturated rings. The van der Waals surface area contributed by atoms with Gasteiger partial charge in [0.25, 0.3) is 5.91 Å². The fourth-order valence-corrected chi connectivity index (χ4v) is 2.86. The van der Waals surface area contributed by atoms with E-state index < -0.39 is 6.10 Å². The van der Waals surface area contributed by atoms with E-state index in [2.05, 4.69) is 5.32 Å². The van der Waals surface area contributed by atoms with Crippen LogP contribution < -0.4 is 14.8 Å². The summed E-state index contributed by atoms with van der Waals surface area (Å²) in [5.74, 6) is 1.58. The molecule has 0 aliphatic heterocycles. The lowest BCUT2D eigenvalue weighted by Gasteiger charge is -2.19. The molecular weight excluding hydrogens is 374 g/mol. The summed E-state index contributed by atoms with van der Waals surface area (Å²) in [7, 11) is 0. The van der Waals surface area contributed by atoms with E-state index in [-0.39, 0.29) is 5.91 Å². The largest absolute Gasteiger partial charge is 0.481 e. The normalized spacial score (nSPS) is 11.5. The van der Waals surface area contributed by atoms with Crippen molar-refractivity contribution in [3.05, 3.63) is 83.4 Å². The van der Waals surface area contributed by atoms with Gasteiger partial charge in [0.15, 0.2) is 11.9 Å². The lowest BCUT2D eigenvalue weighted by atomic mass is 10.2. The Morgan fingerprint density at radius 2 is 1.75 bits per heavy atom. The Labute approximate surface area is 170 Å². The SMILES string of the molecule is CC[C@H](Oc1cccc(C)c1)C(=O)Nc1cc(Cl)ccc1Oc1ccccc1. The summed E-state index contributed by atoms with van der Waals surface area (Å²) in [5, 5.41) is 3.39. The number of rotatable bonds is 7. The molecule has 0 aliphatic rings. The Morgan fingerprint density at radius 1 is 1.00 bits per heavy atom. The van der Waals surface area contributed by atoms with Crippen LogP contribution in [0.15, 0.2) is 72.8 Å². The fourth-order valence-electron chi connectivity index (χ4n) is 2.69. The summed E-state index contributed by atoms with van der Waals surface area (Å²) >= 11 is 6.13. The third kappa shape index (κ3) is 5.27. The van der Waals surface area contributed by atoms with Gasteiger partial charge < -0.3 is 14.8 Å². The first-order valence-corrected chi connectivity index (χ1v) is 9.49. The monoisotopic (exact) mass is 395 g/mol. The Morgan fingerprint density at radius 3 is 2.46 bits per heavy atom. The maximum absolute atomic E-state index is 12.8. The van der Waals surface area contributed by atoms with E-state index in [0.29, 0.717) is 34.4 Å². The zero-order chi connectivity index (χ0) is 19.9. The van der Waals surface area contributed by atoms with Crippen molar-refractivity contribution in [2.24, 2.45) is 0 Å². The van der Waals surface area contributed by atoms with Gasteiger partial charge >= 0.3 is 0 Å². The molecule has 1 amide bonds. The average molecular weight is 396 g/mol. The second kappa shape index (κ2) is 9.29. The summed E-state index contributed by atoms with van der Waals surface area (Å²) < 4.78 is 11.8. The van der Waals surface area contributed by atoms with Crippen molar-refractivity contribution in [1.29, 1.82) is 0 Å². The number of aryl methyl sites for hydroxylation is 1. The maximum atomic E-state index is 12.8. The van der Waals surface area contributed by atoms with Crippen LogP contribution in [-0.2, 0) is 4.79 Å². The lowest BCUT2D eigenvalue weighted by Crippen LogP contribution is -2.32. The van der Waals surface area contributed by atoms with Crippen molar-refractivity contribution < 1.29 is 14.3 Å². The Hall–Kier alpha value is -2.98. The molecule has 0 heterocycles. The molecule has 0 radical (unpaired) electrons. The number of carbonyl (C=O) groups is 1. The van der Waals surface area contributed by atoms with Crippen LogP contribution in [0.25, 0.3) is 0 Å². The Kier molecular flexibility index (Phi) is 6.56. The molecule has 0 aromatic heterocycles. The van der Waals surface area contributed by atoms with Crippen LogP contribution in [0.1, 0.15) is 18.9 Å². The standard InChI is InChI=1S/C23H22ClNO3/c1-3-21(28-19-11-7-8-16(2)14-19)23(26)25-20-15-17(24)12-13-22(20)27-18-9-5-4-6-10-18/h4-15,21H,3H2,1-2H3,(H,25,26)/t21-/m0/s1. The number of nitrogens with one attached hydrogen (secondary N) is 1. The van der Waals surface area contributed by atoms with Gasteiger partial charge in [0.2, 0.25) is 0 Å². The predicted octanol–water partition coefficient (Wildman–Crippen LogP) is 6.24. The predicted molar refractivity (Wildman–Crippen MR) is 112 cm³/mol. The first-order chi connectivity index (χ1) is 13.5. The van der Waals surface area contributed by atoms with Crippen molar-refractivity contribution in [3.8, 4) is 17.2 Å². The third-order valence-electron chi connectivity index (χ3n) is 4.10. The summed E-state index contributed by atoms with van der Waals surface area (Å²) in [6, 6.07) is 22.1. The molecule has 0 bridgehead atoms. The van der Waals surface area contributed by atoms with Crippen LogP contribution in [0.4, 0.5) is 5.69 Å². The van der Waals surface area contributed by atoms with Crippen LogP contribution in [-0.4, -0.2) is 12.0 Å². The third-order valence-corrected chi connectivity index (χ3v) is 4.34. The first kappa shape index (κ1) is 19.8. The molecule has 0 saturated heterocycles. The minimum absolute atomic E-state index is 0.260. The number of anilines is 1. The second-order valence-electron chi connectivity index (χ2n) is 6.38. The molecule has 4 nitrogen and oxygen atoms in total. The number of benzene rings is 3. The van der Waals surface area contributed by atoms with Crippen molar-refractivity contribution in [3.63, 3.8) is 0 Å². The highest BCUT2D eigenvalue weighted by atomic mass is 35.5. The van der Waals surface area contributed by atoms with Gasteiger partial charge in [-0.2, -0.15) is 0 Å². The smallest absolute Gasteiger partial charge is 0.265 e. The number of hydrogen-bond acceptors (Lipinski definition) is 3. The van der Waals surface area contributed by atoms with Crippen molar-refractivity contribution in [2.75, 3.05) is 5.32 Å². The zero-order valence-corrected chi connectivity index (χ0v) is 16.6. The molecule has 0 aliphatic carbocycles. The van der Waals surface area contributed by atoms with Crippen molar-refractivity contribution in [2.45, 2.75) is 26.4 Å². The van der Waals surface area contributed by atoms with Crippen LogP contribution in [0, 0.1) is 6.92 Å². The summed E-state index contributed by atoms with van der Waals surface area (Å²) in [4.78, 5) is 12.8. The minimum atomic E-state index is -0.634. The number of carbonyl (C=O) groups excluding carboxylic acids is 1. The number of hydrogen-bond donors (Lipinski definition) is 1. The summed E-state index contributed by atoms with van der Waals surface area (Å²) in [6.45, 7) is 3.88. The van der Waals surface area contributed by atoms with E-state index in [1.807, 2.05) is 68.4 Å². The lowest BCUT2D eigenvalue weighted by molar-refractivity contribution is -0.122. The Bertz CT molecular complexity index is 944.